The maximum absolute atomic E-state index is 9.17. The van der Waals surface area contributed by atoms with E-state index in [1.807, 2.05) is 12.3 Å². The zero-order chi connectivity index (χ0) is 13.0. The highest BCUT2D eigenvalue weighted by Crippen LogP contribution is 2.29. The maximum Gasteiger partial charge on any atom is 0.0606 e. The summed E-state index contributed by atoms with van der Waals surface area (Å²) in [5, 5.41) is 9.17. The zero-order valence-electron chi connectivity index (χ0n) is 11.0. The lowest BCUT2D eigenvalue weighted by Gasteiger charge is -2.38. The largest absolute Gasteiger partial charge is 0.395 e. The molecule has 4 nitrogen and oxygen atoms in total. The van der Waals surface area contributed by atoms with Crippen molar-refractivity contribution in [2.24, 2.45) is 5.73 Å². The number of aliphatic hydroxyl groups is 1. The fourth-order valence-electron chi connectivity index (χ4n) is 2.32. The van der Waals surface area contributed by atoms with Crippen LogP contribution in [0.1, 0.15) is 44.3 Å². The fourth-order valence-corrected chi connectivity index (χ4v) is 2.32. The lowest BCUT2D eigenvalue weighted by atomic mass is 9.91. The number of hydrogen-bond donors (Lipinski definition) is 2. The molecule has 0 amide bonds. The lowest BCUT2D eigenvalue weighted by Crippen LogP contribution is -2.42. The van der Waals surface area contributed by atoms with Gasteiger partial charge in [-0.1, -0.05) is 6.92 Å². The zero-order valence-corrected chi connectivity index (χ0v) is 11.0. The Morgan fingerprint density at radius 1 is 1.50 bits per heavy atom. The van der Waals surface area contributed by atoms with Gasteiger partial charge < -0.3 is 15.7 Å². The molecular formula is C14H23N3O. The molecule has 1 aromatic rings. The van der Waals surface area contributed by atoms with Gasteiger partial charge in [-0.15, -0.1) is 0 Å². The van der Waals surface area contributed by atoms with Gasteiger partial charge in [0.1, 0.15) is 0 Å². The quantitative estimate of drug-likeness (QED) is 0.807. The number of aromatic nitrogens is 1. The van der Waals surface area contributed by atoms with Gasteiger partial charge in [0.05, 0.1) is 24.2 Å². The van der Waals surface area contributed by atoms with E-state index in [9.17, 15) is 0 Å². The Bertz CT molecular complexity index is 362. The summed E-state index contributed by atoms with van der Waals surface area (Å²) in [5.41, 5.74) is 8.00. The minimum absolute atomic E-state index is 0.0223. The van der Waals surface area contributed by atoms with Crippen LogP contribution >= 0.6 is 0 Å². The van der Waals surface area contributed by atoms with Crippen LogP contribution in [0.25, 0.3) is 0 Å². The predicted molar refractivity (Wildman–Crippen MR) is 73.5 cm³/mol. The molecule has 0 aliphatic heterocycles. The van der Waals surface area contributed by atoms with Crippen molar-refractivity contribution in [3.63, 3.8) is 0 Å². The van der Waals surface area contributed by atoms with Gasteiger partial charge in [0.25, 0.3) is 0 Å². The summed E-state index contributed by atoms with van der Waals surface area (Å²) in [5.74, 6) is 0. The molecule has 0 bridgehead atoms. The van der Waals surface area contributed by atoms with Crippen molar-refractivity contribution in [2.75, 3.05) is 18.1 Å². The maximum atomic E-state index is 9.17. The molecule has 100 valence electrons. The third kappa shape index (κ3) is 2.82. The summed E-state index contributed by atoms with van der Waals surface area (Å²) in [4.78, 5) is 6.71. The van der Waals surface area contributed by atoms with Gasteiger partial charge in [0.15, 0.2) is 0 Å². The highest BCUT2D eigenvalue weighted by atomic mass is 16.3. The van der Waals surface area contributed by atoms with Crippen LogP contribution in [0.4, 0.5) is 5.69 Å². The summed E-state index contributed by atoms with van der Waals surface area (Å²) in [6, 6.07) is 4.68. The second-order valence-electron chi connectivity index (χ2n) is 4.96. The number of nitrogens with zero attached hydrogens (tertiary/aromatic N) is 2. The van der Waals surface area contributed by atoms with Crippen molar-refractivity contribution < 1.29 is 5.11 Å². The van der Waals surface area contributed by atoms with Gasteiger partial charge in [-0.25, -0.2) is 0 Å². The van der Waals surface area contributed by atoms with Gasteiger partial charge in [-0.2, -0.15) is 0 Å². The molecule has 1 aliphatic rings. The van der Waals surface area contributed by atoms with Crippen molar-refractivity contribution in [1.82, 2.24) is 4.98 Å². The van der Waals surface area contributed by atoms with Gasteiger partial charge in [-0.05, 0) is 37.8 Å². The molecular weight excluding hydrogens is 226 g/mol. The first-order valence-electron chi connectivity index (χ1n) is 6.85. The molecule has 0 saturated heterocycles. The Labute approximate surface area is 109 Å². The summed E-state index contributed by atoms with van der Waals surface area (Å²) in [6.45, 7) is 2.94. The molecule has 0 spiro atoms. The standard InChI is InChI=1S/C14H23N3O/c1-2-13(15)14-7-6-12(10-16-14)17(8-9-18)11-4-3-5-11/h6-7,10-11,13,18H,2-5,8-9,15H2,1H3/t13-/m0/s1. The van der Waals surface area contributed by atoms with Gasteiger partial charge in [0, 0.05) is 18.6 Å². The van der Waals surface area contributed by atoms with E-state index in [0.29, 0.717) is 12.6 Å². The van der Waals surface area contributed by atoms with Crippen LogP contribution in [0.3, 0.4) is 0 Å². The normalized spacial score (nSPS) is 17.3. The van der Waals surface area contributed by atoms with E-state index in [-0.39, 0.29) is 12.6 Å². The minimum atomic E-state index is 0.0223. The van der Waals surface area contributed by atoms with Crippen LogP contribution in [0, 0.1) is 0 Å². The van der Waals surface area contributed by atoms with Crippen LogP contribution in [0.5, 0.6) is 0 Å². The van der Waals surface area contributed by atoms with E-state index < -0.39 is 0 Å². The molecule has 4 heteroatoms. The second-order valence-corrected chi connectivity index (χ2v) is 4.96. The van der Waals surface area contributed by atoms with E-state index in [0.717, 1.165) is 17.8 Å². The van der Waals surface area contributed by atoms with Crippen molar-refractivity contribution in [3.8, 4) is 0 Å². The van der Waals surface area contributed by atoms with E-state index in [2.05, 4.69) is 22.9 Å². The monoisotopic (exact) mass is 249 g/mol. The van der Waals surface area contributed by atoms with Crippen LogP contribution in [-0.2, 0) is 0 Å². The van der Waals surface area contributed by atoms with E-state index >= 15 is 0 Å². The Kier molecular flexibility index (Phi) is 4.55. The molecule has 1 aliphatic carbocycles. The van der Waals surface area contributed by atoms with E-state index in [4.69, 9.17) is 10.8 Å². The topological polar surface area (TPSA) is 62.4 Å². The van der Waals surface area contributed by atoms with Crippen LogP contribution in [-0.4, -0.2) is 29.3 Å². The molecule has 3 N–H and O–H groups in total. The van der Waals surface area contributed by atoms with E-state index in [1.54, 1.807) is 0 Å². The smallest absolute Gasteiger partial charge is 0.0606 e. The first-order chi connectivity index (χ1) is 8.76. The average molecular weight is 249 g/mol. The highest BCUT2D eigenvalue weighted by molar-refractivity contribution is 5.46. The van der Waals surface area contributed by atoms with Crippen molar-refractivity contribution in [2.45, 2.75) is 44.7 Å². The molecule has 0 aromatic carbocycles. The van der Waals surface area contributed by atoms with Crippen molar-refractivity contribution >= 4 is 5.69 Å². The first-order valence-corrected chi connectivity index (χ1v) is 6.85. The summed E-state index contributed by atoms with van der Waals surface area (Å²) >= 11 is 0. The molecule has 0 unspecified atom stereocenters. The highest BCUT2D eigenvalue weighted by Gasteiger charge is 2.25. The van der Waals surface area contributed by atoms with Crippen LogP contribution < -0.4 is 10.6 Å². The van der Waals surface area contributed by atoms with Gasteiger partial charge >= 0.3 is 0 Å². The molecule has 1 aromatic heterocycles. The number of anilines is 1. The van der Waals surface area contributed by atoms with Gasteiger partial charge in [0.2, 0.25) is 0 Å². The van der Waals surface area contributed by atoms with E-state index in [1.165, 1.54) is 19.3 Å². The molecule has 0 radical (unpaired) electrons. The second kappa shape index (κ2) is 6.16. The number of rotatable bonds is 6. The lowest BCUT2D eigenvalue weighted by molar-refractivity contribution is 0.283. The molecule has 1 atom stereocenters. The fraction of sp³-hybridized carbons (Fsp3) is 0.643. The molecule has 2 rings (SSSR count). The molecule has 1 heterocycles. The number of nitrogens with two attached hydrogens (primary N) is 1. The van der Waals surface area contributed by atoms with Gasteiger partial charge in [-0.3, -0.25) is 4.98 Å². The number of aliphatic hydroxyl groups excluding tert-OH is 1. The summed E-state index contributed by atoms with van der Waals surface area (Å²) in [7, 11) is 0. The summed E-state index contributed by atoms with van der Waals surface area (Å²) < 4.78 is 0. The summed E-state index contributed by atoms with van der Waals surface area (Å²) in [6.07, 6.45) is 6.51. The Morgan fingerprint density at radius 3 is 2.72 bits per heavy atom. The third-order valence-electron chi connectivity index (χ3n) is 3.78. The molecule has 1 fully saturated rings. The Morgan fingerprint density at radius 2 is 2.28 bits per heavy atom. The average Bonchev–Trinajstić information content (AvgIpc) is 2.35. The molecule has 18 heavy (non-hydrogen) atoms. The third-order valence-corrected chi connectivity index (χ3v) is 3.78. The van der Waals surface area contributed by atoms with Crippen LogP contribution in [0.15, 0.2) is 18.3 Å². The number of pyridine rings is 1. The number of hydrogen-bond acceptors (Lipinski definition) is 4. The predicted octanol–water partition coefficient (Wildman–Crippen LogP) is 1.84. The Balaban J connectivity index is 2.10. The SMILES string of the molecule is CC[C@H](N)c1ccc(N(CCO)C2CCC2)cn1. The van der Waals surface area contributed by atoms with Crippen LogP contribution in [0.2, 0.25) is 0 Å². The van der Waals surface area contributed by atoms with Crippen molar-refractivity contribution in [1.29, 1.82) is 0 Å². The van der Waals surface area contributed by atoms with Crippen molar-refractivity contribution in [3.05, 3.63) is 24.0 Å². The first kappa shape index (κ1) is 13.3. The molecule has 1 saturated carbocycles. The Hall–Kier alpha value is -1.13. The minimum Gasteiger partial charge on any atom is -0.395 e.